The summed E-state index contributed by atoms with van der Waals surface area (Å²) < 4.78 is 23.8. The molecule has 13 heavy (non-hydrogen) atoms. The van der Waals surface area contributed by atoms with E-state index in [0.29, 0.717) is 0 Å². The maximum absolute atomic E-state index is 11.9. The highest BCUT2D eigenvalue weighted by atomic mass is 19.3. The van der Waals surface area contributed by atoms with E-state index in [9.17, 15) is 13.6 Å². The van der Waals surface area contributed by atoms with Gasteiger partial charge in [-0.2, -0.15) is 8.78 Å². The second-order valence-electron chi connectivity index (χ2n) is 2.77. The Balaban J connectivity index is 2.60. The first-order valence-electron chi connectivity index (χ1n) is 3.74. The third-order valence-corrected chi connectivity index (χ3v) is 1.84. The molecule has 1 aliphatic heterocycles. The van der Waals surface area contributed by atoms with E-state index in [2.05, 4.69) is 0 Å². The van der Waals surface area contributed by atoms with Crippen LogP contribution in [0.5, 0.6) is 0 Å². The molecular formula is C7H9F2N3O. The summed E-state index contributed by atoms with van der Waals surface area (Å²) in [5.41, 5.74) is 0.0681. The SMILES string of the molecule is N=C1CCN(C(=O)C(F)F)CC1=N. The summed E-state index contributed by atoms with van der Waals surface area (Å²) in [6.07, 6.45) is -2.82. The Labute approximate surface area is 73.5 Å². The number of alkyl halides is 2. The van der Waals surface area contributed by atoms with Crippen LogP contribution in [-0.2, 0) is 4.79 Å². The highest BCUT2D eigenvalue weighted by molar-refractivity contribution is 6.41. The number of hydrogen-bond donors (Lipinski definition) is 2. The van der Waals surface area contributed by atoms with Gasteiger partial charge >= 0.3 is 6.43 Å². The third kappa shape index (κ3) is 2.07. The fraction of sp³-hybridized carbons (Fsp3) is 0.571. The molecule has 0 aliphatic carbocycles. The second-order valence-corrected chi connectivity index (χ2v) is 2.77. The molecule has 0 saturated carbocycles. The van der Waals surface area contributed by atoms with Crippen LogP contribution in [0, 0.1) is 10.8 Å². The van der Waals surface area contributed by atoms with Crippen molar-refractivity contribution in [3.63, 3.8) is 0 Å². The lowest BCUT2D eigenvalue weighted by molar-refractivity contribution is -0.142. The van der Waals surface area contributed by atoms with Gasteiger partial charge in [-0.25, -0.2) is 0 Å². The number of nitrogens with one attached hydrogen (secondary N) is 2. The minimum Gasteiger partial charge on any atom is -0.331 e. The quantitative estimate of drug-likeness (QED) is 0.620. The summed E-state index contributed by atoms with van der Waals surface area (Å²) in [5.74, 6) is -1.25. The zero-order chi connectivity index (χ0) is 10.0. The van der Waals surface area contributed by atoms with E-state index in [1.165, 1.54) is 0 Å². The van der Waals surface area contributed by atoms with Crippen LogP contribution in [0.3, 0.4) is 0 Å². The molecule has 4 nitrogen and oxygen atoms in total. The zero-order valence-electron chi connectivity index (χ0n) is 6.81. The van der Waals surface area contributed by atoms with Crippen molar-refractivity contribution >= 4 is 17.3 Å². The normalized spacial score (nSPS) is 18.2. The minimum atomic E-state index is -3.01. The topological polar surface area (TPSA) is 68.0 Å². The van der Waals surface area contributed by atoms with E-state index < -0.39 is 12.3 Å². The first kappa shape index (κ1) is 9.76. The standard InChI is InChI=1S/C7H9F2N3O/c8-6(9)7(13)12-2-1-4(10)5(11)3-12/h6,10-11H,1-3H2. The minimum absolute atomic E-state index is 0.0553. The molecule has 1 aliphatic rings. The van der Waals surface area contributed by atoms with Gasteiger partial charge in [-0.1, -0.05) is 0 Å². The van der Waals surface area contributed by atoms with Crippen LogP contribution in [0.2, 0.25) is 0 Å². The molecule has 1 rings (SSSR count). The largest absolute Gasteiger partial charge is 0.331 e. The van der Waals surface area contributed by atoms with Crippen LogP contribution < -0.4 is 0 Å². The van der Waals surface area contributed by atoms with Crippen molar-refractivity contribution in [1.29, 1.82) is 10.8 Å². The van der Waals surface area contributed by atoms with Gasteiger partial charge in [0.1, 0.15) is 0 Å². The maximum Gasteiger partial charge on any atom is 0.315 e. The molecular weight excluding hydrogens is 180 g/mol. The van der Waals surface area contributed by atoms with Crippen LogP contribution in [0.1, 0.15) is 6.42 Å². The average Bonchev–Trinajstić information content (AvgIpc) is 2.08. The number of rotatable bonds is 1. The predicted molar refractivity (Wildman–Crippen MR) is 42.7 cm³/mol. The Bertz CT molecular complexity index is 264. The highest BCUT2D eigenvalue weighted by Crippen LogP contribution is 2.07. The van der Waals surface area contributed by atoms with E-state index in [1.54, 1.807) is 0 Å². The molecule has 72 valence electrons. The monoisotopic (exact) mass is 189 g/mol. The molecule has 0 aromatic carbocycles. The summed E-state index contributed by atoms with van der Waals surface area (Å²) in [6.45, 7) is -0.0492. The van der Waals surface area contributed by atoms with Crippen LogP contribution in [-0.4, -0.2) is 41.7 Å². The van der Waals surface area contributed by atoms with E-state index in [0.717, 1.165) is 4.90 Å². The van der Waals surface area contributed by atoms with Crippen LogP contribution in [0.15, 0.2) is 0 Å². The molecule has 0 aromatic rings. The lowest BCUT2D eigenvalue weighted by Crippen LogP contribution is -2.46. The van der Waals surface area contributed by atoms with Gasteiger partial charge < -0.3 is 15.7 Å². The van der Waals surface area contributed by atoms with Crippen molar-refractivity contribution < 1.29 is 13.6 Å². The highest BCUT2D eigenvalue weighted by Gasteiger charge is 2.28. The summed E-state index contributed by atoms with van der Waals surface area (Å²) in [5, 5.41) is 14.4. The summed E-state index contributed by atoms with van der Waals surface area (Å²) in [6, 6.07) is 0. The fourth-order valence-corrected chi connectivity index (χ4v) is 1.09. The van der Waals surface area contributed by atoms with Gasteiger partial charge in [0.15, 0.2) is 0 Å². The third-order valence-electron chi connectivity index (χ3n) is 1.84. The van der Waals surface area contributed by atoms with Crippen molar-refractivity contribution in [1.82, 2.24) is 4.90 Å². The van der Waals surface area contributed by atoms with Crippen LogP contribution >= 0.6 is 0 Å². The second kappa shape index (κ2) is 3.59. The Hall–Kier alpha value is -1.33. The number of piperidine rings is 1. The zero-order valence-corrected chi connectivity index (χ0v) is 6.81. The fourth-order valence-electron chi connectivity index (χ4n) is 1.09. The summed E-state index contributed by atoms with van der Waals surface area (Å²) >= 11 is 0. The first-order valence-corrected chi connectivity index (χ1v) is 3.74. The molecule has 1 saturated heterocycles. The Morgan fingerprint density at radius 3 is 2.46 bits per heavy atom. The van der Waals surface area contributed by atoms with Gasteiger partial charge in [0, 0.05) is 13.0 Å². The number of nitrogens with zero attached hydrogens (tertiary/aromatic N) is 1. The molecule has 1 fully saturated rings. The number of carbonyl (C=O) groups excluding carboxylic acids is 1. The molecule has 0 bridgehead atoms. The van der Waals surface area contributed by atoms with Gasteiger partial charge in [-0.15, -0.1) is 0 Å². The smallest absolute Gasteiger partial charge is 0.315 e. The van der Waals surface area contributed by atoms with Gasteiger partial charge in [0.2, 0.25) is 0 Å². The van der Waals surface area contributed by atoms with Crippen molar-refractivity contribution in [2.24, 2.45) is 0 Å². The number of hydrogen-bond acceptors (Lipinski definition) is 3. The molecule has 0 unspecified atom stereocenters. The summed E-state index contributed by atoms with van der Waals surface area (Å²) in [4.78, 5) is 11.7. The number of amides is 1. The van der Waals surface area contributed by atoms with E-state index >= 15 is 0 Å². The number of halogens is 2. The van der Waals surface area contributed by atoms with Gasteiger partial charge in [-0.3, -0.25) is 4.79 Å². The molecule has 0 spiro atoms. The first-order chi connectivity index (χ1) is 6.02. The Morgan fingerprint density at radius 1 is 1.38 bits per heavy atom. The molecule has 0 atom stereocenters. The number of carbonyl (C=O) groups is 1. The van der Waals surface area contributed by atoms with Crippen molar-refractivity contribution in [3.8, 4) is 0 Å². The Morgan fingerprint density at radius 2 is 2.00 bits per heavy atom. The Kier molecular flexibility index (Phi) is 2.69. The molecule has 6 heteroatoms. The van der Waals surface area contributed by atoms with Crippen LogP contribution in [0.4, 0.5) is 8.78 Å². The van der Waals surface area contributed by atoms with E-state index in [4.69, 9.17) is 10.8 Å². The molecule has 2 N–H and O–H groups in total. The van der Waals surface area contributed by atoms with E-state index in [1.807, 2.05) is 0 Å². The van der Waals surface area contributed by atoms with Crippen molar-refractivity contribution in [2.75, 3.05) is 13.1 Å². The van der Waals surface area contributed by atoms with Gasteiger partial charge in [-0.05, 0) is 0 Å². The molecule has 0 aromatic heterocycles. The lowest BCUT2D eigenvalue weighted by Gasteiger charge is -2.27. The van der Waals surface area contributed by atoms with E-state index in [-0.39, 0.29) is 30.9 Å². The van der Waals surface area contributed by atoms with Gasteiger partial charge in [0.05, 0.1) is 18.0 Å². The van der Waals surface area contributed by atoms with Gasteiger partial charge in [0.25, 0.3) is 5.91 Å². The van der Waals surface area contributed by atoms with Crippen molar-refractivity contribution in [2.45, 2.75) is 12.8 Å². The van der Waals surface area contributed by atoms with Crippen molar-refractivity contribution in [3.05, 3.63) is 0 Å². The predicted octanol–water partition coefficient (Wildman–Crippen LogP) is 0.523. The molecule has 0 radical (unpaired) electrons. The molecule has 1 amide bonds. The molecule has 1 heterocycles. The van der Waals surface area contributed by atoms with Crippen LogP contribution in [0.25, 0.3) is 0 Å². The lowest BCUT2D eigenvalue weighted by atomic mass is 10.1. The summed E-state index contributed by atoms with van der Waals surface area (Å²) in [7, 11) is 0. The maximum atomic E-state index is 11.9. The number of likely N-dealkylation sites (tertiary alicyclic amines) is 1. The average molecular weight is 189 g/mol.